The van der Waals surface area contributed by atoms with Gasteiger partial charge in [0.15, 0.2) is 0 Å². The molecule has 0 spiro atoms. The van der Waals surface area contributed by atoms with Gasteiger partial charge in [-0.2, -0.15) is 0 Å². The Morgan fingerprint density at radius 3 is 2.39 bits per heavy atom. The molecule has 0 radical (unpaired) electrons. The first kappa shape index (κ1) is 30.9. The normalized spacial score (nSPS) is 16.4. The average molecular weight is 534 g/mol. The van der Waals surface area contributed by atoms with E-state index in [0.717, 1.165) is 5.56 Å². The van der Waals surface area contributed by atoms with E-state index >= 15 is 0 Å². The van der Waals surface area contributed by atoms with Gasteiger partial charge < -0.3 is 24.4 Å². The highest BCUT2D eigenvalue weighted by Crippen LogP contribution is 2.20. The topological polar surface area (TPSA) is 114 Å². The molecular weight excluding hydrogens is 490 g/mol. The molecular formula is C28H43N3O7. The molecule has 0 bridgehead atoms. The van der Waals surface area contributed by atoms with Crippen molar-refractivity contribution >= 4 is 24.1 Å². The van der Waals surface area contributed by atoms with Gasteiger partial charge in [0, 0.05) is 13.1 Å². The molecule has 1 aliphatic rings. The lowest BCUT2D eigenvalue weighted by Crippen LogP contribution is -2.57. The number of hydrogen-bond acceptors (Lipinski definition) is 7. The van der Waals surface area contributed by atoms with Crippen molar-refractivity contribution in [2.45, 2.75) is 85.1 Å². The number of piperidine rings is 1. The second kappa shape index (κ2) is 14.6. The number of ether oxygens (including phenoxy) is 3. The van der Waals surface area contributed by atoms with Gasteiger partial charge in [0.05, 0.1) is 12.6 Å². The van der Waals surface area contributed by atoms with Gasteiger partial charge >= 0.3 is 18.2 Å². The molecule has 2 rings (SSSR count). The van der Waals surface area contributed by atoms with Crippen LogP contribution in [-0.4, -0.2) is 77.8 Å². The standard InChI is InChI=1S/C28H43N3O7/c1-7-36-24(32)18-31(27(35)37-19-21-12-9-8-10-13-21)22-14-11-15-30(17-22)25(33)23(16-20(2)3)29-26(34)38-28(4,5)6/h8-10,12-13,20,22-23H,7,11,14-19H2,1-6H3,(H,29,34)/t22-,23-/m0/s1. The van der Waals surface area contributed by atoms with Crippen molar-refractivity contribution in [3.05, 3.63) is 35.9 Å². The molecule has 1 saturated heterocycles. The summed E-state index contributed by atoms with van der Waals surface area (Å²) in [6.07, 6.45) is 0.357. The summed E-state index contributed by atoms with van der Waals surface area (Å²) in [4.78, 5) is 54.4. The summed E-state index contributed by atoms with van der Waals surface area (Å²) in [7, 11) is 0. The van der Waals surface area contributed by atoms with Gasteiger partial charge in [0.2, 0.25) is 5.91 Å². The van der Waals surface area contributed by atoms with Gasteiger partial charge in [-0.15, -0.1) is 0 Å². The summed E-state index contributed by atoms with van der Waals surface area (Å²) >= 11 is 0. The molecule has 1 aromatic carbocycles. The van der Waals surface area contributed by atoms with Gasteiger partial charge in [0.1, 0.15) is 24.8 Å². The Bertz CT molecular complexity index is 930. The summed E-state index contributed by atoms with van der Waals surface area (Å²) in [5.41, 5.74) is 0.126. The van der Waals surface area contributed by atoms with Crippen LogP contribution in [0.1, 0.15) is 66.4 Å². The first-order valence-corrected chi connectivity index (χ1v) is 13.3. The highest BCUT2D eigenvalue weighted by atomic mass is 16.6. The van der Waals surface area contributed by atoms with Crippen molar-refractivity contribution < 1.29 is 33.4 Å². The maximum absolute atomic E-state index is 13.5. The Hall–Kier alpha value is -3.30. The lowest BCUT2D eigenvalue weighted by Gasteiger charge is -2.39. The summed E-state index contributed by atoms with van der Waals surface area (Å²) in [6, 6.07) is 8.05. The van der Waals surface area contributed by atoms with Crippen LogP contribution in [0.15, 0.2) is 30.3 Å². The fraction of sp³-hybridized carbons (Fsp3) is 0.643. The quantitative estimate of drug-likeness (QED) is 0.355. The van der Waals surface area contributed by atoms with Gasteiger partial charge in [0.25, 0.3) is 0 Å². The van der Waals surface area contributed by atoms with Crippen LogP contribution in [0.4, 0.5) is 9.59 Å². The number of carbonyl (C=O) groups is 4. The van der Waals surface area contributed by atoms with E-state index in [1.54, 1.807) is 32.6 Å². The molecule has 1 heterocycles. The van der Waals surface area contributed by atoms with Crippen molar-refractivity contribution in [2.75, 3.05) is 26.2 Å². The van der Waals surface area contributed by atoms with Crippen molar-refractivity contribution in [1.29, 1.82) is 0 Å². The number of nitrogens with zero attached hydrogens (tertiary/aromatic N) is 2. The molecule has 10 nitrogen and oxygen atoms in total. The fourth-order valence-electron chi connectivity index (χ4n) is 4.26. The predicted octanol–water partition coefficient (Wildman–Crippen LogP) is 4.12. The molecule has 0 saturated carbocycles. The first-order valence-electron chi connectivity index (χ1n) is 13.3. The zero-order chi connectivity index (χ0) is 28.3. The highest BCUT2D eigenvalue weighted by Gasteiger charge is 2.36. The fourth-order valence-corrected chi connectivity index (χ4v) is 4.26. The first-order chi connectivity index (χ1) is 17.9. The van der Waals surface area contributed by atoms with E-state index in [2.05, 4.69) is 5.32 Å². The number of carbonyl (C=O) groups excluding carboxylic acids is 4. The molecule has 1 aliphatic heterocycles. The number of benzene rings is 1. The molecule has 2 atom stereocenters. The summed E-state index contributed by atoms with van der Waals surface area (Å²) in [5.74, 6) is -0.646. The second-order valence-electron chi connectivity index (χ2n) is 10.9. The Morgan fingerprint density at radius 2 is 1.79 bits per heavy atom. The van der Waals surface area contributed by atoms with Crippen LogP contribution < -0.4 is 5.32 Å². The van der Waals surface area contributed by atoms with E-state index in [-0.39, 0.29) is 38.1 Å². The molecule has 0 unspecified atom stereocenters. The minimum absolute atomic E-state index is 0.0602. The largest absolute Gasteiger partial charge is 0.465 e. The number of rotatable bonds is 10. The highest BCUT2D eigenvalue weighted by molar-refractivity contribution is 5.86. The summed E-state index contributed by atoms with van der Waals surface area (Å²) in [6.45, 7) is 11.6. The Kier molecular flexibility index (Phi) is 11.9. The van der Waals surface area contributed by atoms with Gasteiger partial charge in [-0.1, -0.05) is 44.2 Å². The maximum Gasteiger partial charge on any atom is 0.410 e. The molecule has 1 aromatic rings. The van der Waals surface area contributed by atoms with Crippen molar-refractivity contribution in [2.24, 2.45) is 5.92 Å². The molecule has 0 aromatic heterocycles. The number of likely N-dealkylation sites (tertiary alicyclic amines) is 1. The summed E-state index contributed by atoms with van der Waals surface area (Å²) < 4.78 is 16.0. The smallest absolute Gasteiger partial charge is 0.410 e. The van der Waals surface area contributed by atoms with Gasteiger partial charge in [-0.3, -0.25) is 14.5 Å². The van der Waals surface area contributed by atoms with Crippen molar-refractivity contribution in [3.63, 3.8) is 0 Å². The predicted molar refractivity (Wildman–Crippen MR) is 142 cm³/mol. The molecule has 212 valence electrons. The third-order valence-corrected chi connectivity index (χ3v) is 5.89. The Balaban J connectivity index is 2.15. The number of hydrogen-bond donors (Lipinski definition) is 1. The van der Waals surface area contributed by atoms with Crippen molar-refractivity contribution in [1.82, 2.24) is 15.1 Å². The second-order valence-corrected chi connectivity index (χ2v) is 10.9. The van der Waals surface area contributed by atoms with Crippen LogP contribution in [0.5, 0.6) is 0 Å². The number of nitrogens with one attached hydrogen (secondary N) is 1. The Morgan fingerprint density at radius 1 is 1.11 bits per heavy atom. The van der Waals surface area contributed by atoms with E-state index in [0.29, 0.717) is 25.8 Å². The van der Waals surface area contributed by atoms with E-state index in [1.165, 1.54) is 4.90 Å². The molecule has 10 heteroatoms. The maximum atomic E-state index is 13.5. The third kappa shape index (κ3) is 10.6. The van der Waals surface area contributed by atoms with Crippen molar-refractivity contribution in [3.8, 4) is 0 Å². The average Bonchev–Trinajstić information content (AvgIpc) is 2.84. The molecule has 1 fully saturated rings. The van der Waals surface area contributed by atoms with E-state index in [9.17, 15) is 19.2 Å². The van der Waals surface area contributed by atoms with Gasteiger partial charge in [-0.05, 0) is 58.4 Å². The zero-order valence-electron chi connectivity index (χ0n) is 23.5. The van der Waals surface area contributed by atoms with Crippen LogP contribution in [0.25, 0.3) is 0 Å². The monoisotopic (exact) mass is 533 g/mol. The lowest BCUT2D eigenvalue weighted by atomic mass is 9.99. The third-order valence-electron chi connectivity index (χ3n) is 5.89. The van der Waals surface area contributed by atoms with Crippen LogP contribution in [0.2, 0.25) is 0 Å². The number of esters is 1. The minimum Gasteiger partial charge on any atom is -0.465 e. The number of alkyl carbamates (subject to hydrolysis) is 1. The van der Waals surface area contributed by atoms with E-state index in [1.807, 2.05) is 44.2 Å². The lowest BCUT2D eigenvalue weighted by molar-refractivity contribution is -0.145. The van der Waals surface area contributed by atoms with Crippen LogP contribution in [0, 0.1) is 5.92 Å². The molecule has 38 heavy (non-hydrogen) atoms. The molecule has 1 N–H and O–H groups in total. The van der Waals surface area contributed by atoms with E-state index < -0.39 is 35.8 Å². The summed E-state index contributed by atoms with van der Waals surface area (Å²) in [5, 5.41) is 2.72. The van der Waals surface area contributed by atoms with Crippen LogP contribution >= 0.6 is 0 Å². The minimum atomic E-state index is -0.771. The van der Waals surface area contributed by atoms with Gasteiger partial charge in [-0.25, -0.2) is 9.59 Å². The van der Waals surface area contributed by atoms with Crippen LogP contribution in [0.3, 0.4) is 0 Å². The zero-order valence-corrected chi connectivity index (χ0v) is 23.5. The SMILES string of the molecule is CCOC(=O)CN(C(=O)OCc1ccccc1)[C@H]1CCCN(C(=O)[C@H](CC(C)C)NC(=O)OC(C)(C)C)C1. The molecule has 3 amide bonds. The molecule has 0 aliphatic carbocycles. The van der Waals surface area contributed by atoms with Crippen LogP contribution in [-0.2, 0) is 30.4 Å². The Labute approximate surface area is 226 Å². The van der Waals surface area contributed by atoms with E-state index in [4.69, 9.17) is 14.2 Å². The number of amides is 3.